The molecule has 0 saturated carbocycles. The van der Waals surface area contributed by atoms with Crippen LogP contribution in [0.3, 0.4) is 0 Å². The van der Waals surface area contributed by atoms with E-state index in [0.29, 0.717) is 0 Å². The molecule has 1 heterocycles. The summed E-state index contributed by atoms with van der Waals surface area (Å²) in [4.78, 5) is 2.53. The van der Waals surface area contributed by atoms with E-state index in [-0.39, 0.29) is 12.4 Å². The molecular weight excluding hydrogens is 220 g/mol. The Kier molecular flexibility index (Phi) is 5.10. The van der Waals surface area contributed by atoms with E-state index in [1.807, 2.05) is 12.1 Å². The van der Waals surface area contributed by atoms with Crippen LogP contribution in [-0.2, 0) is 6.54 Å². The Balaban J connectivity index is 0.00000128. The Bertz CT molecular complexity index is 327. The molecule has 2 nitrogen and oxygen atoms in total. The van der Waals surface area contributed by atoms with Crippen molar-refractivity contribution in [2.45, 2.75) is 26.3 Å². The maximum Gasteiger partial charge on any atom is 0.0317 e. The van der Waals surface area contributed by atoms with Gasteiger partial charge in [0.1, 0.15) is 0 Å². The molecule has 16 heavy (non-hydrogen) atoms. The van der Waals surface area contributed by atoms with Gasteiger partial charge in [0.2, 0.25) is 0 Å². The minimum absolute atomic E-state index is 0. The van der Waals surface area contributed by atoms with Crippen LogP contribution in [0.1, 0.15) is 25.3 Å². The molecule has 0 aliphatic carbocycles. The van der Waals surface area contributed by atoms with Crippen molar-refractivity contribution in [3.8, 4) is 0 Å². The van der Waals surface area contributed by atoms with E-state index in [4.69, 9.17) is 5.73 Å². The first-order valence-electron chi connectivity index (χ1n) is 5.84. The van der Waals surface area contributed by atoms with Crippen LogP contribution < -0.4 is 5.73 Å². The van der Waals surface area contributed by atoms with Crippen LogP contribution in [0.4, 0.5) is 5.69 Å². The fraction of sp³-hybridized carbons (Fsp3) is 0.538. The van der Waals surface area contributed by atoms with E-state index >= 15 is 0 Å². The standard InChI is InChI=1S/C13H20N2.ClH/c1-2-11-6-7-15(9-11)10-12-4-3-5-13(14)8-12;/h3-5,8,11H,2,6-7,9-10,14H2,1H3;1H. The van der Waals surface area contributed by atoms with Crippen molar-refractivity contribution < 1.29 is 0 Å². The van der Waals surface area contributed by atoms with Crippen molar-refractivity contribution in [1.82, 2.24) is 4.90 Å². The first kappa shape index (κ1) is 13.3. The molecule has 1 atom stereocenters. The molecule has 0 bridgehead atoms. The van der Waals surface area contributed by atoms with Gasteiger partial charge in [-0.25, -0.2) is 0 Å². The SMILES string of the molecule is CCC1CCN(Cc2cccc(N)c2)C1.Cl. The third-order valence-electron chi connectivity index (χ3n) is 3.30. The molecule has 90 valence electrons. The van der Waals surface area contributed by atoms with Crippen molar-refractivity contribution in [2.24, 2.45) is 5.92 Å². The molecule has 1 saturated heterocycles. The average Bonchev–Trinajstić information content (AvgIpc) is 2.65. The first-order valence-corrected chi connectivity index (χ1v) is 5.84. The fourth-order valence-electron chi connectivity index (χ4n) is 2.34. The summed E-state index contributed by atoms with van der Waals surface area (Å²) in [5, 5.41) is 0. The summed E-state index contributed by atoms with van der Waals surface area (Å²) >= 11 is 0. The number of rotatable bonds is 3. The molecular formula is C13H21ClN2. The number of nitrogen functional groups attached to an aromatic ring is 1. The van der Waals surface area contributed by atoms with Crippen LogP contribution in [0.15, 0.2) is 24.3 Å². The molecule has 0 amide bonds. The second kappa shape index (κ2) is 6.12. The molecule has 1 aromatic rings. The highest BCUT2D eigenvalue weighted by atomic mass is 35.5. The Morgan fingerprint density at radius 2 is 2.25 bits per heavy atom. The summed E-state index contributed by atoms with van der Waals surface area (Å²) in [5.41, 5.74) is 7.98. The normalized spacial score (nSPS) is 20.7. The second-order valence-electron chi connectivity index (χ2n) is 4.54. The molecule has 0 radical (unpaired) electrons. The highest BCUT2D eigenvalue weighted by molar-refractivity contribution is 5.85. The molecule has 1 unspecified atom stereocenters. The Morgan fingerprint density at radius 1 is 1.44 bits per heavy atom. The lowest BCUT2D eigenvalue weighted by molar-refractivity contribution is 0.315. The molecule has 0 spiro atoms. The number of nitrogens with zero attached hydrogens (tertiary/aromatic N) is 1. The zero-order valence-electron chi connectivity index (χ0n) is 9.86. The van der Waals surface area contributed by atoms with E-state index in [9.17, 15) is 0 Å². The summed E-state index contributed by atoms with van der Waals surface area (Å²) in [6, 6.07) is 8.23. The molecule has 1 aliphatic heterocycles. The van der Waals surface area contributed by atoms with Gasteiger partial charge in [-0.05, 0) is 36.6 Å². The largest absolute Gasteiger partial charge is 0.399 e. The smallest absolute Gasteiger partial charge is 0.0317 e. The molecule has 1 aromatic carbocycles. The predicted molar refractivity (Wildman–Crippen MR) is 71.8 cm³/mol. The predicted octanol–water partition coefficient (Wildman–Crippen LogP) is 2.92. The number of anilines is 1. The van der Waals surface area contributed by atoms with Gasteiger partial charge in [-0.3, -0.25) is 4.90 Å². The van der Waals surface area contributed by atoms with Crippen molar-refractivity contribution >= 4 is 18.1 Å². The zero-order chi connectivity index (χ0) is 10.7. The fourth-order valence-corrected chi connectivity index (χ4v) is 2.34. The van der Waals surface area contributed by atoms with Crippen LogP contribution in [0.2, 0.25) is 0 Å². The molecule has 3 heteroatoms. The van der Waals surface area contributed by atoms with E-state index in [2.05, 4.69) is 24.0 Å². The molecule has 2 N–H and O–H groups in total. The minimum atomic E-state index is 0. The highest BCUT2D eigenvalue weighted by Crippen LogP contribution is 2.21. The highest BCUT2D eigenvalue weighted by Gasteiger charge is 2.20. The Morgan fingerprint density at radius 3 is 2.88 bits per heavy atom. The van der Waals surface area contributed by atoms with Crippen molar-refractivity contribution in [1.29, 1.82) is 0 Å². The Labute approximate surface area is 104 Å². The van der Waals surface area contributed by atoms with Gasteiger partial charge in [-0.1, -0.05) is 25.5 Å². The van der Waals surface area contributed by atoms with Gasteiger partial charge in [0, 0.05) is 18.8 Å². The number of halogens is 1. The topological polar surface area (TPSA) is 29.3 Å². The number of hydrogen-bond acceptors (Lipinski definition) is 2. The van der Waals surface area contributed by atoms with Crippen LogP contribution in [0.25, 0.3) is 0 Å². The minimum Gasteiger partial charge on any atom is -0.399 e. The zero-order valence-corrected chi connectivity index (χ0v) is 10.7. The van der Waals surface area contributed by atoms with E-state index in [1.165, 1.54) is 31.5 Å². The van der Waals surface area contributed by atoms with Crippen LogP contribution in [-0.4, -0.2) is 18.0 Å². The quantitative estimate of drug-likeness (QED) is 0.824. The molecule has 1 aliphatic rings. The molecule has 2 rings (SSSR count). The van der Waals surface area contributed by atoms with Crippen molar-refractivity contribution in [3.05, 3.63) is 29.8 Å². The van der Waals surface area contributed by atoms with Gasteiger partial charge in [-0.15, -0.1) is 12.4 Å². The summed E-state index contributed by atoms with van der Waals surface area (Å²) < 4.78 is 0. The summed E-state index contributed by atoms with van der Waals surface area (Å²) in [6.07, 6.45) is 2.67. The monoisotopic (exact) mass is 240 g/mol. The summed E-state index contributed by atoms with van der Waals surface area (Å²) in [6.45, 7) is 5.84. The van der Waals surface area contributed by atoms with Gasteiger partial charge >= 0.3 is 0 Å². The number of nitrogens with two attached hydrogens (primary N) is 1. The molecule has 1 fully saturated rings. The number of benzene rings is 1. The van der Waals surface area contributed by atoms with Gasteiger partial charge in [0.25, 0.3) is 0 Å². The molecule has 0 aromatic heterocycles. The lowest BCUT2D eigenvalue weighted by Gasteiger charge is -2.15. The van der Waals surface area contributed by atoms with Crippen molar-refractivity contribution in [3.63, 3.8) is 0 Å². The lowest BCUT2D eigenvalue weighted by Crippen LogP contribution is -2.19. The third-order valence-corrected chi connectivity index (χ3v) is 3.30. The summed E-state index contributed by atoms with van der Waals surface area (Å²) in [7, 11) is 0. The number of likely N-dealkylation sites (tertiary alicyclic amines) is 1. The van der Waals surface area contributed by atoms with Gasteiger partial charge in [-0.2, -0.15) is 0 Å². The van der Waals surface area contributed by atoms with E-state index in [0.717, 1.165) is 18.2 Å². The Hall–Kier alpha value is -0.730. The van der Waals surface area contributed by atoms with Gasteiger partial charge < -0.3 is 5.73 Å². The van der Waals surface area contributed by atoms with Crippen LogP contribution in [0, 0.1) is 5.92 Å². The maximum atomic E-state index is 5.77. The third kappa shape index (κ3) is 3.39. The maximum absolute atomic E-state index is 5.77. The second-order valence-corrected chi connectivity index (χ2v) is 4.54. The number of hydrogen-bond donors (Lipinski definition) is 1. The van der Waals surface area contributed by atoms with Gasteiger partial charge in [0.15, 0.2) is 0 Å². The van der Waals surface area contributed by atoms with Crippen LogP contribution in [0.5, 0.6) is 0 Å². The van der Waals surface area contributed by atoms with E-state index < -0.39 is 0 Å². The summed E-state index contributed by atoms with van der Waals surface area (Å²) in [5.74, 6) is 0.908. The first-order chi connectivity index (χ1) is 7.28. The average molecular weight is 241 g/mol. The van der Waals surface area contributed by atoms with Crippen molar-refractivity contribution in [2.75, 3.05) is 18.8 Å². The lowest BCUT2D eigenvalue weighted by atomic mass is 10.1. The van der Waals surface area contributed by atoms with Crippen LogP contribution >= 0.6 is 12.4 Å². The van der Waals surface area contributed by atoms with Gasteiger partial charge in [0.05, 0.1) is 0 Å². The van der Waals surface area contributed by atoms with E-state index in [1.54, 1.807) is 0 Å².